The van der Waals surface area contributed by atoms with Crippen LogP contribution in [0.25, 0.3) is 0 Å². The third-order valence-corrected chi connectivity index (χ3v) is 2.86. The van der Waals surface area contributed by atoms with E-state index in [0.29, 0.717) is 6.61 Å². The summed E-state index contributed by atoms with van der Waals surface area (Å²) in [5.74, 6) is 0.835. The zero-order chi connectivity index (χ0) is 10.5. The molecule has 0 aliphatic carbocycles. The van der Waals surface area contributed by atoms with E-state index >= 15 is 0 Å². The van der Waals surface area contributed by atoms with Crippen LogP contribution < -0.4 is 4.74 Å². The second kappa shape index (κ2) is 5.11. The Morgan fingerprint density at radius 3 is 2.67 bits per heavy atom. The van der Waals surface area contributed by atoms with Crippen LogP contribution >= 0.6 is 22.6 Å². The molecule has 1 heterocycles. The molecule has 0 radical (unpaired) electrons. The van der Waals surface area contributed by atoms with Crippen molar-refractivity contribution >= 4 is 22.6 Å². The summed E-state index contributed by atoms with van der Waals surface area (Å²) in [6.45, 7) is 0.586. The van der Waals surface area contributed by atoms with Crippen molar-refractivity contribution in [2.45, 2.75) is 6.61 Å². The summed E-state index contributed by atoms with van der Waals surface area (Å²) in [5, 5.41) is 0. The van der Waals surface area contributed by atoms with Crippen molar-refractivity contribution in [3.05, 3.63) is 57.9 Å². The van der Waals surface area contributed by atoms with E-state index in [0.717, 1.165) is 14.9 Å². The molecular formula is C12H10INO. The topological polar surface area (TPSA) is 22.1 Å². The van der Waals surface area contributed by atoms with E-state index in [1.807, 2.05) is 36.4 Å². The molecule has 15 heavy (non-hydrogen) atoms. The second-order valence-corrected chi connectivity index (χ2v) is 4.24. The summed E-state index contributed by atoms with van der Waals surface area (Å²) in [6.07, 6.45) is 3.50. The first-order chi connectivity index (χ1) is 7.36. The fourth-order valence-corrected chi connectivity index (χ4v) is 1.66. The lowest BCUT2D eigenvalue weighted by molar-refractivity contribution is 0.302. The molecule has 0 aliphatic heterocycles. The zero-order valence-corrected chi connectivity index (χ0v) is 10.2. The minimum absolute atomic E-state index is 0.586. The van der Waals surface area contributed by atoms with Gasteiger partial charge in [0, 0.05) is 6.20 Å². The van der Waals surface area contributed by atoms with E-state index in [4.69, 9.17) is 4.74 Å². The second-order valence-electron chi connectivity index (χ2n) is 3.08. The normalized spacial score (nSPS) is 9.93. The van der Waals surface area contributed by atoms with Gasteiger partial charge in [-0.3, -0.25) is 4.98 Å². The van der Waals surface area contributed by atoms with Crippen LogP contribution in [0.4, 0.5) is 0 Å². The van der Waals surface area contributed by atoms with Gasteiger partial charge in [0.05, 0.1) is 9.77 Å². The van der Waals surface area contributed by atoms with Gasteiger partial charge in [-0.15, -0.1) is 0 Å². The van der Waals surface area contributed by atoms with Crippen LogP contribution in [0.5, 0.6) is 5.75 Å². The van der Waals surface area contributed by atoms with Crippen LogP contribution in [-0.2, 0) is 6.61 Å². The number of ether oxygens (including phenoxy) is 1. The van der Waals surface area contributed by atoms with Crippen molar-refractivity contribution in [3.8, 4) is 5.75 Å². The summed E-state index contributed by atoms with van der Waals surface area (Å²) in [5.41, 5.74) is 1.16. The Morgan fingerprint density at radius 2 is 1.93 bits per heavy atom. The molecule has 0 saturated carbocycles. The summed E-state index contributed by atoms with van der Waals surface area (Å²) in [6, 6.07) is 12.0. The highest BCUT2D eigenvalue weighted by atomic mass is 127. The summed E-state index contributed by atoms with van der Waals surface area (Å²) < 4.78 is 6.73. The smallest absolute Gasteiger partial charge is 0.151 e. The van der Waals surface area contributed by atoms with Gasteiger partial charge in [-0.05, 0) is 34.2 Å². The lowest BCUT2D eigenvalue weighted by atomic mass is 10.2. The van der Waals surface area contributed by atoms with Crippen molar-refractivity contribution in [3.63, 3.8) is 0 Å². The standard InChI is InChI=1S/C12H10INO/c13-11-6-7-14-8-12(11)15-9-10-4-2-1-3-5-10/h1-8H,9H2. The molecule has 0 fully saturated rings. The van der Waals surface area contributed by atoms with E-state index in [-0.39, 0.29) is 0 Å². The van der Waals surface area contributed by atoms with Gasteiger partial charge >= 0.3 is 0 Å². The highest BCUT2D eigenvalue weighted by molar-refractivity contribution is 14.1. The summed E-state index contributed by atoms with van der Waals surface area (Å²) in [7, 11) is 0. The first-order valence-corrected chi connectivity index (χ1v) is 5.70. The third-order valence-electron chi connectivity index (χ3n) is 1.97. The Kier molecular flexibility index (Phi) is 3.55. The number of pyridine rings is 1. The van der Waals surface area contributed by atoms with E-state index in [1.54, 1.807) is 12.4 Å². The predicted molar refractivity (Wildman–Crippen MR) is 67.7 cm³/mol. The van der Waals surface area contributed by atoms with Gasteiger partial charge < -0.3 is 4.74 Å². The fourth-order valence-electron chi connectivity index (χ4n) is 1.20. The molecule has 0 atom stereocenters. The van der Waals surface area contributed by atoms with Crippen LogP contribution in [-0.4, -0.2) is 4.98 Å². The van der Waals surface area contributed by atoms with Crippen LogP contribution in [0.15, 0.2) is 48.8 Å². The quantitative estimate of drug-likeness (QED) is 0.812. The van der Waals surface area contributed by atoms with Crippen molar-refractivity contribution in [2.75, 3.05) is 0 Å². The van der Waals surface area contributed by atoms with E-state index < -0.39 is 0 Å². The molecule has 3 heteroatoms. The zero-order valence-electron chi connectivity index (χ0n) is 8.06. The number of aromatic nitrogens is 1. The predicted octanol–water partition coefficient (Wildman–Crippen LogP) is 3.27. The van der Waals surface area contributed by atoms with Crippen LogP contribution in [0, 0.1) is 3.57 Å². The molecule has 2 aromatic rings. The van der Waals surface area contributed by atoms with Crippen molar-refractivity contribution < 1.29 is 4.74 Å². The lowest BCUT2D eigenvalue weighted by Gasteiger charge is -2.06. The number of nitrogens with zero attached hydrogens (tertiary/aromatic N) is 1. The third kappa shape index (κ3) is 2.92. The summed E-state index contributed by atoms with van der Waals surface area (Å²) in [4.78, 5) is 4.03. The average molecular weight is 311 g/mol. The number of halogens is 1. The number of rotatable bonds is 3. The van der Waals surface area contributed by atoms with E-state index in [2.05, 4.69) is 27.6 Å². The van der Waals surface area contributed by atoms with Gasteiger partial charge in [0.15, 0.2) is 5.75 Å². The maximum absolute atomic E-state index is 5.65. The number of benzene rings is 1. The number of hydrogen-bond acceptors (Lipinski definition) is 2. The molecule has 1 aromatic carbocycles. The monoisotopic (exact) mass is 311 g/mol. The highest BCUT2D eigenvalue weighted by Crippen LogP contribution is 2.19. The minimum Gasteiger partial charge on any atom is -0.486 e. The maximum Gasteiger partial charge on any atom is 0.151 e. The Labute approximate surface area is 102 Å². The van der Waals surface area contributed by atoms with Gasteiger partial charge in [0.2, 0.25) is 0 Å². The van der Waals surface area contributed by atoms with Crippen molar-refractivity contribution in [1.82, 2.24) is 4.98 Å². The van der Waals surface area contributed by atoms with E-state index in [1.165, 1.54) is 0 Å². The van der Waals surface area contributed by atoms with Crippen molar-refractivity contribution in [2.24, 2.45) is 0 Å². The molecule has 0 spiro atoms. The van der Waals surface area contributed by atoms with Gasteiger partial charge in [0.25, 0.3) is 0 Å². The minimum atomic E-state index is 0.586. The Hall–Kier alpha value is -1.10. The fraction of sp³-hybridized carbons (Fsp3) is 0.0833. The Bertz CT molecular complexity index is 431. The molecule has 2 rings (SSSR count). The molecule has 0 amide bonds. The van der Waals surface area contributed by atoms with Gasteiger partial charge in [-0.1, -0.05) is 30.3 Å². The molecule has 0 aliphatic rings. The molecule has 0 N–H and O–H groups in total. The van der Waals surface area contributed by atoms with Crippen LogP contribution in [0.1, 0.15) is 5.56 Å². The van der Waals surface area contributed by atoms with Gasteiger partial charge in [0.1, 0.15) is 6.61 Å². The molecule has 1 aromatic heterocycles. The van der Waals surface area contributed by atoms with Gasteiger partial charge in [-0.25, -0.2) is 0 Å². The largest absolute Gasteiger partial charge is 0.486 e. The maximum atomic E-state index is 5.65. The first kappa shape index (κ1) is 10.4. The Balaban J connectivity index is 2.03. The van der Waals surface area contributed by atoms with Gasteiger partial charge in [-0.2, -0.15) is 0 Å². The molecule has 2 nitrogen and oxygen atoms in total. The molecule has 0 unspecified atom stereocenters. The van der Waals surface area contributed by atoms with Crippen LogP contribution in [0.2, 0.25) is 0 Å². The first-order valence-electron chi connectivity index (χ1n) is 4.62. The highest BCUT2D eigenvalue weighted by Gasteiger charge is 1.99. The molecule has 0 saturated heterocycles. The molecule has 0 bridgehead atoms. The summed E-state index contributed by atoms with van der Waals surface area (Å²) >= 11 is 2.24. The Morgan fingerprint density at radius 1 is 1.13 bits per heavy atom. The van der Waals surface area contributed by atoms with E-state index in [9.17, 15) is 0 Å². The van der Waals surface area contributed by atoms with Crippen molar-refractivity contribution in [1.29, 1.82) is 0 Å². The SMILES string of the molecule is Ic1ccncc1OCc1ccccc1. The lowest BCUT2D eigenvalue weighted by Crippen LogP contribution is -1.96. The number of hydrogen-bond donors (Lipinski definition) is 0. The molecular weight excluding hydrogens is 301 g/mol. The molecule has 76 valence electrons. The van der Waals surface area contributed by atoms with Crippen LogP contribution in [0.3, 0.4) is 0 Å². The average Bonchev–Trinajstić information content (AvgIpc) is 2.29.